The molecule has 20 heavy (non-hydrogen) atoms. The van der Waals surface area contributed by atoms with Crippen LogP contribution in [0.2, 0.25) is 5.02 Å². The molecule has 0 aromatic heterocycles. The standard InChI is InChI=1S/C14H19ClN2O3/c1-3-4-5-7-10(2)16-14(18)11-8-6-9-12(15)13(11)17(19)20/h6,8-10H,3-5,7H2,1-2H3,(H,16,18). The number of carbonyl (C=O) groups is 1. The quantitative estimate of drug-likeness (QED) is 0.470. The van der Waals surface area contributed by atoms with Crippen LogP contribution >= 0.6 is 11.6 Å². The van der Waals surface area contributed by atoms with Crippen LogP contribution in [0, 0.1) is 10.1 Å². The molecule has 5 nitrogen and oxygen atoms in total. The Morgan fingerprint density at radius 1 is 1.45 bits per heavy atom. The van der Waals surface area contributed by atoms with Crippen LogP contribution in [0.1, 0.15) is 49.9 Å². The van der Waals surface area contributed by atoms with Gasteiger partial charge in [0.05, 0.1) is 4.92 Å². The molecule has 0 aliphatic heterocycles. The third kappa shape index (κ3) is 4.49. The summed E-state index contributed by atoms with van der Waals surface area (Å²) in [6.07, 6.45) is 4.10. The van der Waals surface area contributed by atoms with Gasteiger partial charge in [0.15, 0.2) is 0 Å². The summed E-state index contributed by atoms with van der Waals surface area (Å²) in [4.78, 5) is 22.4. The smallest absolute Gasteiger partial charge is 0.300 e. The lowest BCUT2D eigenvalue weighted by Gasteiger charge is -2.13. The number of rotatable bonds is 7. The lowest BCUT2D eigenvalue weighted by Crippen LogP contribution is -2.32. The number of hydrogen-bond donors (Lipinski definition) is 1. The fourth-order valence-corrected chi connectivity index (χ4v) is 2.20. The van der Waals surface area contributed by atoms with Crippen molar-refractivity contribution in [1.82, 2.24) is 5.32 Å². The van der Waals surface area contributed by atoms with Crippen molar-refractivity contribution >= 4 is 23.2 Å². The van der Waals surface area contributed by atoms with E-state index in [9.17, 15) is 14.9 Å². The van der Waals surface area contributed by atoms with Gasteiger partial charge in [-0.2, -0.15) is 0 Å². The van der Waals surface area contributed by atoms with Gasteiger partial charge < -0.3 is 5.32 Å². The summed E-state index contributed by atoms with van der Waals surface area (Å²) in [6, 6.07) is 4.33. The van der Waals surface area contributed by atoms with Crippen LogP contribution in [0.25, 0.3) is 0 Å². The van der Waals surface area contributed by atoms with Gasteiger partial charge in [-0.05, 0) is 25.5 Å². The van der Waals surface area contributed by atoms with E-state index in [0.717, 1.165) is 25.7 Å². The Bertz CT molecular complexity index is 491. The first-order valence-corrected chi connectivity index (χ1v) is 7.09. The SMILES string of the molecule is CCCCCC(C)NC(=O)c1cccc(Cl)c1[N+](=O)[O-]. The third-order valence-electron chi connectivity index (χ3n) is 3.03. The van der Waals surface area contributed by atoms with Gasteiger partial charge in [-0.3, -0.25) is 14.9 Å². The van der Waals surface area contributed by atoms with Crippen molar-refractivity contribution in [2.75, 3.05) is 0 Å². The molecule has 1 atom stereocenters. The van der Waals surface area contributed by atoms with Crippen LogP contribution in [0.15, 0.2) is 18.2 Å². The van der Waals surface area contributed by atoms with E-state index < -0.39 is 10.8 Å². The van der Waals surface area contributed by atoms with Crippen LogP contribution < -0.4 is 5.32 Å². The highest BCUT2D eigenvalue weighted by Crippen LogP contribution is 2.28. The largest absolute Gasteiger partial charge is 0.349 e. The maximum Gasteiger partial charge on any atom is 0.300 e. The summed E-state index contributed by atoms with van der Waals surface area (Å²) >= 11 is 5.79. The van der Waals surface area contributed by atoms with Gasteiger partial charge in [0.2, 0.25) is 0 Å². The molecule has 0 saturated heterocycles. The Morgan fingerprint density at radius 2 is 2.15 bits per heavy atom. The zero-order valence-corrected chi connectivity index (χ0v) is 12.4. The molecule has 1 N–H and O–H groups in total. The number of halogens is 1. The molecular weight excluding hydrogens is 280 g/mol. The highest BCUT2D eigenvalue weighted by molar-refractivity contribution is 6.33. The molecule has 1 unspecified atom stereocenters. The van der Waals surface area contributed by atoms with Crippen LogP contribution in [-0.2, 0) is 0 Å². The summed E-state index contributed by atoms with van der Waals surface area (Å²) in [7, 11) is 0. The first-order chi connectivity index (χ1) is 9.47. The van der Waals surface area contributed by atoms with Crippen molar-refractivity contribution in [3.05, 3.63) is 38.9 Å². The van der Waals surface area contributed by atoms with Gasteiger partial charge in [-0.25, -0.2) is 0 Å². The van der Waals surface area contributed by atoms with E-state index >= 15 is 0 Å². The number of amides is 1. The molecule has 1 amide bonds. The van der Waals surface area contributed by atoms with E-state index in [0.29, 0.717) is 0 Å². The van der Waals surface area contributed by atoms with Crippen molar-refractivity contribution in [1.29, 1.82) is 0 Å². The number of carbonyl (C=O) groups excluding carboxylic acids is 1. The molecule has 1 rings (SSSR count). The number of nitrogens with zero attached hydrogens (tertiary/aromatic N) is 1. The normalized spacial score (nSPS) is 11.9. The molecule has 0 fully saturated rings. The minimum Gasteiger partial charge on any atom is -0.349 e. The van der Waals surface area contributed by atoms with E-state index in [-0.39, 0.29) is 22.3 Å². The van der Waals surface area contributed by atoms with Crippen molar-refractivity contribution in [2.45, 2.75) is 45.6 Å². The van der Waals surface area contributed by atoms with Crippen LogP contribution in [0.4, 0.5) is 5.69 Å². The summed E-state index contributed by atoms with van der Waals surface area (Å²) in [5, 5.41) is 13.7. The number of unbranched alkanes of at least 4 members (excludes halogenated alkanes) is 2. The van der Waals surface area contributed by atoms with Crippen LogP contribution in [0.5, 0.6) is 0 Å². The van der Waals surface area contributed by atoms with E-state index in [2.05, 4.69) is 12.2 Å². The molecule has 0 saturated carbocycles. The highest BCUT2D eigenvalue weighted by Gasteiger charge is 2.24. The highest BCUT2D eigenvalue weighted by atomic mass is 35.5. The minimum atomic E-state index is -0.626. The number of benzene rings is 1. The number of nitro groups is 1. The van der Waals surface area contributed by atoms with E-state index in [1.165, 1.54) is 18.2 Å². The Hall–Kier alpha value is -1.62. The predicted octanol–water partition coefficient (Wildman–Crippen LogP) is 3.95. The fourth-order valence-electron chi connectivity index (χ4n) is 1.96. The molecule has 0 spiro atoms. The molecule has 0 bridgehead atoms. The average Bonchev–Trinajstić information content (AvgIpc) is 2.38. The number of para-hydroxylation sites is 1. The number of nitrogens with one attached hydrogen (secondary N) is 1. The monoisotopic (exact) mass is 298 g/mol. The van der Waals surface area contributed by atoms with Crippen molar-refractivity contribution < 1.29 is 9.72 Å². The van der Waals surface area contributed by atoms with Crippen LogP contribution in [0.3, 0.4) is 0 Å². The third-order valence-corrected chi connectivity index (χ3v) is 3.34. The fraction of sp³-hybridized carbons (Fsp3) is 0.500. The second-order valence-corrected chi connectivity index (χ2v) is 5.17. The lowest BCUT2D eigenvalue weighted by atomic mass is 10.1. The van der Waals surface area contributed by atoms with Gasteiger partial charge in [-0.1, -0.05) is 43.9 Å². The lowest BCUT2D eigenvalue weighted by molar-refractivity contribution is -0.385. The summed E-state index contributed by atoms with van der Waals surface area (Å²) in [5.41, 5.74) is -0.336. The molecular formula is C14H19ClN2O3. The Kier molecular flexibility index (Phi) is 6.45. The first-order valence-electron chi connectivity index (χ1n) is 6.71. The zero-order valence-electron chi connectivity index (χ0n) is 11.7. The molecule has 110 valence electrons. The van der Waals surface area contributed by atoms with Crippen molar-refractivity contribution in [3.63, 3.8) is 0 Å². The Labute approximate surface area is 123 Å². The van der Waals surface area contributed by atoms with Crippen LogP contribution in [-0.4, -0.2) is 16.9 Å². The van der Waals surface area contributed by atoms with Gasteiger partial charge >= 0.3 is 5.69 Å². The maximum atomic E-state index is 12.1. The second kappa shape index (κ2) is 7.85. The molecule has 0 aliphatic rings. The van der Waals surface area contributed by atoms with Crippen molar-refractivity contribution in [3.8, 4) is 0 Å². The summed E-state index contributed by atoms with van der Waals surface area (Å²) < 4.78 is 0. The topological polar surface area (TPSA) is 72.2 Å². The molecule has 0 heterocycles. The Balaban J connectivity index is 2.77. The van der Waals surface area contributed by atoms with Crippen molar-refractivity contribution in [2.24, 2.45) is 0 Å². The molecule has 1 aromatic rings. The Morgan fingerprint density at radius 3 is 2.75 bits per heavy atom. The molecule has 1 aromatic carbocycles. The molecule has 0 aliphatic carbocycles. The summed E-state index contributed by atoms with van der Waals surface area (Å²) in [6.45, 7) is 4.00. The number of hydrogen-bond acceptors (Lipinski definition) is 3. The van der Waals surface area contributed by atoms with Gasteiger partial charge in [0, 0.05) is 6.04 Å². The molecule has 6 heteroatoms. The maximum absolute atomic E-state index is 12.1. The second-order valence-electron chi connectivity index (χ2n) is 4.76. The summed E-state index contributed by atoms with van der Waals surface area (Å²) in [5.74, 6) is -0.455. The van der Waals surface area contributed by atoms with E-state index in [4.69, 9.17) is 11.6 Å². The van der Waals surface area contributed by atoms with E-state index in [1.807, 2.05) is 6.92 Å². The molecule has 0 radical (unpaired) electrons. The number of nitro benzene ring substituents is 1. The van der Waals surface area contributed by atoms with Gasteiger partial charge in [-0.15, -0.1) is 0 Å². The zero-order chi connectivity index (χ0) is 15.1. The van der Waals surface area contributed by atoms with Gasteiger partial charge in [0.1, 0.15) is 10.6 Å². The predicted molar refractivity (Wildman–Crippen MR) is 79.2 cm³/mol. The average molecular weight is 299 g/mol. The first kappa shape index (κ1) is 16.4. The minimum absolute atomic E-state index is 0.00448. The van der Waals surface area contributed by atoms with Gasteiger partial charge in [0.25, 0.3) is 5.91 Å². The van der Waals surface area contributed by atoms with E-state index in [1.54, 1.807) is 0 Å².